The van der Waals surface area contributed by atoms with Gasteiger partial charge in [0, 0.05) is 26.2 Å². The lowest BCUT2D eigenvalue weighted by Crippen LogP contribution is -2.54. The highest BCUT2D eigenvalue weighted by Gasteiger charge is 2.29. The number of carbonyl (C=O) groups excluding carboxylic acids is 1. The lowest BCUT2D eigenvalue weighted by atomic mass is 9.98. The zero-order valence-electron chi connectivity index (χ0n) is 11.2. The summed E-state index contributed by atoms with van der Waals surface area (Å²) in [7, 11) is 0. The minimum absolute atomic E-state index is 0.149. The predicted octanol–water partition coefficient (Wildman–Crippen LogP) is 0.250. The molecule has 2 fully saturated rings. The Balaban J connectivity index is 1.81. The fourth-order valence-corrected chi connectivity index (χ4v) is 2.63. The number of morpholine rings is 1. The summed E-state index contributed by atoms with van der Waals surface area (Å²) < 4.78 is 10.8. The van der Waals surface area contributed by atoms with Gasteiger partial charge in [-0.15, -0.1) is 0 Å². The van der Waals surface area contributed by atoms with Crippen molar-refractivity contribution in [1.29, 1.82) is 0 Å². The molecule has 2 aliphatic rings. The largest absolute Gasteiger partial charge is 0.381 e. The summed E-state index contributed by atoms with van der Waals surface area (Å²) in [6, 6.07) is -0.149. The summed E-state index contributed by atoms with van der Waals surface area (Å²) in [6.45, 7) is 7.22. The number of hydrogen-bond donors (Lipinski definition) is 1. The molecule has 0 spiro atoms. The van der Waals surface area contributed by atoms with E-state index in [1.54, 1.807) is 0 Å². The Morgan fingerprint density at radius 2 is 2.44 bits per heavy atom. The van der Waals surface area contributed by atoms with E-state index in [0.29, 0.717) is 19.1 Å². The van der Waals surface area contributed by atoms with Gasteiger partial charge in [-0.2, -0.15) is 0 Å². The van der Waals surface area contributed by atoms with Crippen molar-refractivity contribution in [1.82, 2.24) is 10.2 Å². The molecule has 0 saturated carbocycles. The molecule has 2 heterocycles. The molecule has 5 heteroatoms. The second-order valence-electron chi connectivity index (χ2n) is 5.03. The topological polar surface area (TPSA) is 50.8 Å². The van der Waals surface area contributed by atoms with Crippen LogP contribution in [0.5, 0.6) is 0 Å². The lowest BCUT2D eigenvalue weighted by molar-refractivity contribution is -0.138. The molecule has 1 N–H and O–H groups in total. The van der Waals surface area contributed by atoms with Gasteiger partial charge < -0.3 is 19.7 Å². The van der Waals surface area contributed by atoms with Crippen LogP contribution in [0.15, 0.2) is 0 Å². The van der Waals surface area contributed by atoms with Crippen molar-refractivity contribution in [3.63, 3.8) is 0 Å². The first-order valence-electron chi connectivity index (χ1n) is 6.99. The molecule has 0 aliphatic carbocycles. The molecular formula is C13H24N2O3. The van der Waals surface area contributed by atoms with Crippen LogP contribution >= 0.6 is 0 Å². The second-order valence-corrected chi connectivity index (χ2v) is 5.03. The van der Waals surface area contributed by atoms with Crippen LogP contribution in [-0.2, 0) is 14.3 Å². The van der Waals surface area contributed by atoms with E-state index in [0.717, 1.165) is 39.3 Å². The summed E-state index contributed by atoms with van der Waals surface area (Å²) in [5.74, 6) is 0.683. The molecule has 0 radical (unpaired) electrons. The quantitative estimate of drug-likeness (QED) is 0.783. The van der Waals surface area contributed by atoms with Crippen LogP contribution < -0.4 is 5.32 Å². The van der Waals surface area contributed by atoms with Crippen molar-refractivity contribution < 1.29 is 14.3 Å². The lowest BCUT2D eigenvalue weighted by Gasteiger charge is -2.36. The average molecular weight is 256 g/mol. The molecule has 0 aromatic heterocycles. The van der Waals surface area contributed by atoms with E-state index < -0.39 is 0 Å². The number of likely N-dealkylation sites (tertiary alicyclic amines) is 1. The molecular weight excluding hydrogens is 232 g/mol. The average Bonchev–Trinajstić information content (AvgIpc) is 2.45. The Morgan fingerprint density at radius 3 is 3.17 bits per heavy atom. The number of nitrogens with one attached hydrogen (secondary N) is 1. The summed E-state index contributed by atoms with van der Waals surface area (Å²) in [5.41, 5.74) is 0. The van der Waals surface area contributed by atoms with Gasteiger partial charge in [0.25, 0.3) is 0 Å². The van der Waals surface area contributed by atoms with Gasteiger partial charge in [0.15, 0.2) is 0 Å². The van der Waals surface area contributed by atoms with E-state index in [2.05, 4.69) is 5.32 Å². The molecule has 2 rings (SSSR count). The third-order valence-electron chi connectivity index (χ3n) is 3.61. The summed E-state index contributed by atoms with van der Waals surface area (Å²) in [4.78, 5) is 14.3. The monoisotopic (exact) mass is 256 g/mol. The zero-order chi connectivity index (χ0) is 12.8. The predicted molar refractivity (Wildman–Crippen MR) is 68.4 cm³/mol. The fraction of sp³-hybridized carbons (Fsp3) is 0.923. The van der Waals surface area contributed by atoms with Gasteiger partial charge in [0.2, 0.25) is 5.91 Å². The van der Waals surface area contributed by atoms with Crippen molar-refractivity contribution in [3.05, 3.63) is 0 Å². The molecule has 0 aromatic rings. The Kier molecular flexibility index (Phi) is 5.41. The van der Waals surface area contributed by atoms with E-state index in [4.69, 9.17) is 9.47 Å². The number of nitrogens with zero attached hydrogens (tertiary/aromatic N) is 1. The highest BCUT2D eigenvalue weighted by molar-refractivity contribution is 5.82. The first kappa shape index (κ1) is 13.8. The fourth-order valence-electron chi connectivity index (χ4n) is 2.63. The number of rotatable bonds is 4. The first-order chi connectivity index (χ1) is 8.81. The third-order valence-corrected chi connectivity index (χ3v) is 3.61. The molecule has 104 valence electrons. The smallest absolute Gasteiger partial charge is 0.242 e. The normalized spacial score (nSPS) is 29.3. The minimum atomic E-state index is -0.149. The molecule has 2 aliphatic heterocycles. The van der Waals surface area contributed by atoms with Gasteiger partial charge in [-0.3, -0.25) is 4.79 Å². The van der Waals surface area contributed by atoms with Crippen LogP contribution in [0.25, 0.3) is 0 Å². The van der Waals surface area contributed by atoms with Gasteiger partial charge >= 0.3 is 0 Å². The summed E-state index contributed by atoms with van der Waals surface area (Å²) in [6.07, 6.45) is 2.25. The third kappa shape index (κ3) is 3.67. The van der Waals surface area contributed by atoms with Crippen LogP contribution in [0.3, 0.4) is 0 Å². The highest BCUT2D eigenvalue weighted by Crippen LogP contribution is 2.18. The van der Waals surface area contributed by atoms with Crippen LogP contribution in [0.4, 0.5) is 0 Å². The van der Waals surface area contributed by atoms with E-state index in [9.17, 15) is 4.79 Å². The molecule has 5 nitrogen and oxygen atoms in total. The maximum absolute atomic E-state index is 12.3. The Labute approximate surface area is 109 Å². The maximum atomic E-state index is 12.3. The number of ether oxygens (including phenoxy) is 2. The number of carbonyl (C=O) groups is 1. The molecule has 1 amide bonds. The molecule has 2 saturated heterocycles. The van der Waals surface area contributed by atoms with Crippen LogP contribution in [0, 0.1) is 5.92 Å². The number of piperidine rings is 1. The van der Waals surface area contributed by atoms with Gasteiger partial charge in [0.05, 0.1) is 19.8 Å². The molecule has 0 bridgehead atoms. The van der Waals surface area contributed by atoms with E-state index in [-0.39, 0.29) is 11.9 Å². The van der Waals surface area contributed by atoms with Crippen molar-refractivity contribution >= 4 is 5.91 Å². The second kappa shape index (κ2) is 7.07. The van der Waals surface area contributed by atoms with Gasteiger partial charge in [-0.25, -0.2) is 0 Å². The van der Waals surface area contributed by atoms with Crippen molar-refractivity contribution in [2.24, 2.45) is 5.92 Å². The number of hydrogen-bond acceptors (Lipinski definition) is 4. The van der Waals surface area contributed by atoms with Crippen LogP contribution in [0.1, 0.15) is 19.8 Å². The van der Waals surface area contributed by atoms with Crippen LogP contribution in [-0.4, -0.2) is 62.9 Å². The van der Waals surface area contributed by atoms with Crippen molar-refractivity contribution in [3.8, 4) is 0 Å². The van der Waals surface area contributed by atoms with E-state index >= 15 is 0 Å². The Hall–Kier alpha value is -0.650. The molecule has 2 atom stereocenters. The van der Waals surface area contributed by atoms with Gasteiger partial charge in [-0.05, 0) is 25.7 Å². The SMILES string of the molecule is CCOC[C@@H]1CCCN(C(=O)[C@@H]2COCCN2)C1. The maximum Gasteiger partial charge on any atom is 0.242 e. The molecule has 18 heavy (non-hydrogen) atoms. The van der Waals surface area contributed by atoms with Crippen LogP contribution in [0.2, 0.25) is 0 Å². The number of amides is 1. The van der Waals surface area contributed by atoms with E-state index in [1.165, 1.54) is 6.42 Å². The van der Waals surface area contributed by atoms with E-state index in [1.807, 2.05) is 11.8 Å². The van der Waals surface area contributed by atoms with Crippen molar-refractivity contribution in [2.45, 2.75) is 25.8 Å². The summed E-state index contributed by atoms with van der Waals surface area (Å²) >= 11 is 0. The van der Waals surface area contributed by atoms with Gasteiger partial charge in [-0.1, -0.05) is 0 Å². The highest BCUT2D eigenvalue weighted by atomic mass is 16.5. The first-order valence-corrected chi connectivity index (χ1v) is 6.99. The standard InChI is InChI=1S/C13H24N2O3/c1-2-17-9-11-4-3-6-15(8-11)13(16)12-10-18-7-5-14-12/h11-12,14H,2-10H2,1H3/t11-,12+/m1/s1. The Bertz CT molecular complexity index is 267. The van der Waals surface area contributed by atoms with Gasteiger partial charge in [0.1, 0.15) is 6.04 Å². The Morgan fingerprint density at radius 1 is 1.56 bits per heavy atom. The van der Waals surface area contributed by atoms with Crippen molar-refractivity contribution in [2.75, 3.05) is 46.1 Å². The zero-order valence-corrected chi connectivity index (χ0v) is 11.2. The molecule has 0 aromatic carbocycles. The molecule has 0 unspecified atom stereocenters. The minimum Gasteiger partial charge on any atom is -0.381 e. The summed E-state index contributed by atoms with van der Waals surface area (Å²) in [5, 5.41) is 3.23.